The van der Waals surface area contributed by atoms with Gasteiger partial charge in [0.15, 0.2) is 0 Å². The Hall–Kier alpha value is -1.40. The Balaban J connectivity index is 3.41. The molecular formula is C72H141NO5. The SMILES string of the molecule is CCCCCCCCCCCCCCCCCCCCCCCCCCC(O)C(CO)NC(=O)CCCCCCCCC/C=C\CCCCCCCCCCOC(=O)CCCCCCCCCCCCCCCCCCCC. The lowest BCUT2D eigenvalue weighted by atomic mass is 10.0. The van der Waals surface area contributed by atoms with Crippen molar-refractivity contribution in [2.24, 2.45) is 0 Å². The molecule has 0 aromatic carbocycles. The summed E-state index contributed by atoms with van der Waals surface area (Å²) in [7, 11) is 0. The van der Waals surface area contributed by atoms with E-state index >= 15 is 0 Å². The number of carbonyl (C=O) groups is 2. The molecule has 464 valence electrons. The van der Waals surface area contributed by atoms with Crippen LogP contribution in [0.3, 0.4) is 0 Å². The molecule has 6 nitrogen and oxygen atoms in total. The Kier molecular flexibility index (Phi) is 66.9. The van der Waals surface area contributed by atoms with Crippen LogP contribution in [-0.4, -0.2) is 47.4 Å². The minimum atomic E-state index is -0.672. The van der Waals surface area contributed by atoms with Crippen molar-refractivity contribution in [2.45, 2.75) is 424 Å². The van der Waals surface area contributed by atoms with Gasteiger partial charge in [0.05, 0.1) is 25.4 Å². The van der Waals surface area contributed by atoms with E-state index < -0.39 is 12.1 Å². The first-order valence-corrected chi connectivity index (χ1v) is 35.9. The first-order valence-electron chi connectivity index (χ1n) is 35.9. The molecule has 0 saturated heterocycles. The van der Waals surface area contributed by atoms with Gasteiger partial charge in [-0.3, -0.25) is 9.59 Å². The quantitative estimate of drug-likeness (QED) is 0.0320. The van der Waals surface area contributed by atoms with Crippen molar-refractivity contribution in [2.75, 3.05) is 13.2 Å². The van der Waals surface area contributed by atoms with E-state index in [1.165, 1.54) is 340 Å². The molecule has 0 spiro atoms. The molecule has 0 rings (SSSR count). The number of rotatable bonds is 68. The molecule has 3 N–H and O–H groups in total. The van der Waals surface area contributed by atoms with Gasteiger partial charge in [-0.15, -0.1) is 0 Å². The topological polar surface area (TPSA) is 95.9 Å². The zero-order valence-corrected chi connectivity index (χ0v) is 53.2. The van der Waals surface area contributed by atoms with E-state index in [9.17, 15) is 19.8 Å². The van der Waals surface area contributed by atoms with Crippen molar-refractivity contribution in [1.82, 2.24) is 5.32 Å². The van der Waals surface area contributed by atoms with E-state index in [0.29, 0.717) is 25.9 Å². The number of esters is 1. The number of hydrogen-bond donors (Lipinski definition) is 3. The fourth-order valence-electron chi connectivity index (χ4n) is 11.6. The van der Waals surface area contributed by atoms with Crippen LogP contribution in [0.15, 0.2) is 12.2 Å². The minimum absolute atomic E-state index is 0.00985. The van der Waals surface area contributed by atoms with Gasteiger partial charge in [0.25, 0.3) is 0 Å². The predicted molar refractivity (Wildman–Crippen MR) is 343 cm³/mol. The standard InChI is InChI=1S/C72H141NO5/c1-3-5-7-9-11-13-15-17-19-21-23-24-25-26-27-29-32-36-40-44-48-52-56-60-64-70(75)69(68-74)73-71(76)65-61-57-53-49-45-41-37-33-30-28-31-35-39-43-47-51-55-59-63-67-78-72(77)66-62-58-54-50-46-42-38-34-22-20-18-16-14-12-10-8-6-4-2/h28,30,69-70,74-75H,3-27,29,31-68H2,1-2H3,(H,73,76)/b30-28-. The van der Waals surface area contributed by atoms with Crippen molar-refractivity contribution in [3.63, 3.8) is 0 Å². The van der Waals surface area contributed by atoms with Gasteiger partial charge in [-0.1, -0.05) is 360 Å². The van der Waals surface area contributed by atoms with Crippen LogP contribution in [0.1, 0.15) is 412 Å². The molecule has 0 aliphatic rings. The molecule has 1 amide bonds. The van der Waals surface area contributed by atoms with E-state index in [2.05, 4.69) is 31.3 Å². The summed E-state index contributed by atoms with van der Waals surface area (Å²) in [4.78, 5) is 24.7. The summed E-state index contributed by atoms with van der Waals surface area (Å²) in [6, 6.07) is -0.550. The van der Waals surface area contributed by atoms with Crippen LogP contribution in [0, 0.1) is 0 Å². The molecule has 2 unspecified atom stereocenters. The van der Waals surface area contributed by atoms with E-state index in [-0.39, 0.29) is 18.5 Å². The average molecular weight is 1100 g/mol. The number of ether oxygens (including phenoxy) is 1. The van der Waals surface area contributed by atoms with Crippen LogP contribution in [0.25, 0.3) is 0 Å². The van der Waals surface area contributed by atoms with E-state index in [1.54, 1.807) is 0 Å². The Bertz CT molecular complexity index is 1180. The Labute approximate surface area is 489 Å². The summed E-state index contributed by atoms with van der Waals surface area (Å²) in [5, 5.41) is 23.4. The lowest BCUT2D eigenvalue weighted by molar-refractivity contribution is -0.143. The largest absolute Gasteiger partial charge is 0.466 e. The Morgan fingerprint density at radius 1 is 0.346 bits per heavy atom. The molecule has 0 saturated carbocycles. The molecule has 2 atom stereocenters. The van der Waals surface area contributed by atoms with Gasteiger partial charge in [-0.25, -0.2) is 0 Å². The zero-order chi connectivity index (χ0) is 56.4. The fraction of sp³-hybridized carbons (Fsp3) is 0.944. The maximum atomic E-state index is 12.6. The summed E-state index contributed by atoms with van der Waals surface area (Å²) < 4.78 is 5.50. The summed E-state index contributed by atoms with van der Waals surface area (Å²) in [5.41, 5.74) is 0. The number of aliphatic hydroxyl groups is 2. The molecule has 78 heavy (non-hydrogen) atoms. The summed E-state index contributed by atoms with van der Waals surface area (Å²) in [6.07, 6.45) is 84.0. The van der Waals surface area contributed by atoms with Crippen LogP contribution >= 0.6 is 0 Å². The minimum Gasteiger partial charge on any atom is -0.466 e. The van der Waals surface area contributed by atoms with Gasteiger partial charge in [0.2, 0.25) is 5.91 Å². The van der Waals surface area contributed by atoms with Crippen LogP contribution in [-0.2, 0) is 14.3 Å². The van der Waals surface area contributed by atoms with Crippen LogP contribution in [0.5, 0.6) is 0 Å². The second-order valence-corrected chi connectivity index (χ2v) is 24.9. The molecule has 0 aliphatic heterocycles. The highest BCUT2D eigenvalue weighted by molar-refractivity contribution is 5.76. The van der Waals surface area contributed by atoms with Gasteiger partial charge >= 0.3 is 5.97 Å². The first kappa shape index (κ1) is 76.6. The third-order valence-corrected chi connectivity index (χ3v) is 17.1. The second-order valence-electron chi connectivity index (χ2n) is 24.9. The molecular weight excluding hydrogens is 959 g/mol. The summed E-state index contributed by atoms with van der Waals surface area (Å²) in [5.74, 6) is -0.0294. The smallest absolute Gasteiger partial charge is 0.305 e. The highest BCUT2D eigenvalue weighted by atomic mass is 16.5. The van der Waals surface area contributed by atoms with Crippen molar-refractivity contribution in [3.8, 4) is 0 Å². The van der Waals surface area contributed by atoms with Crippen LogP contribution in [0.4, 0.5) is 0 Å². The predicted octanol–water partition coefficient (Wildman–Crippen LogP) is 23.1. The summed E-state index contributed by atoms with van der Waals surface area (Å²) >= 11 is 0. The number of allylic oxidation sites excluding steroid dienone is 2. The molecule has 0 aromatic rings. The molecule has 0 aromatic heterocycles. The number of unbranched alkanes of at least 4 members (excludes halogenated alkanes) is 55. The van der Waals surface area contributed by atoms with Crippen molar-refractivity contribution < 1.29 is 24.5 Å². The Morgan fingerprint density at radius 2 is 0.603 bits per heavy atom. The van der Waals surface area contributed by atoms with Crippen LogP contribution < -0.4 is 5.32 Å². The molecule has 0 radical (unpaired) electrons. The molecule has 0 bridgehead atoms. The van der Waals surface area contributed by atoms with Crippen LogP contribution in [0.2, 0.25) is 0 Å². The Morgan fingerprint density at radius 3 is 0.910 bits per heavy atom. The van der Waals surface area contributed by atoms with Gasteiger partial charge in [0.1, 0.15) is 0 Å². The van der Waals surface area contributed by atoms with Crippen molar-refractivity contribution in [3.05, 3.63) is 12.2 Å². The monoisotopic (exact) mass is 1100 g/mol. The maximum Gasteiger partial charge on any atom is 0.305 e. The number of carbonyl (C=O) groups excluding carboxylic acids is 2. The van der Waals surface area contributed by atoms with Gasteiger partial charge in [0, 0.05) is 12.8 Å². The lowest BCUT2D eigenvalue weighted by Crippen LogP contribution is -2.45. The van der Waals surface area contributed by atoms with E-state index in [1.807, 2.05) is 0 Å². The zero-order valence-electron chi connectivity index (χ0n) is 53.2. The lowest BCUT2D eigenvalue weighted by Gasteiger charge is -2.22. The molecule has 6 heteroatoms. The number of amides is 1. The number of aliphatic hydroxyl groups excluding tert-OH is 2. The third kappa shape index (κ3) is 63.8. The van der Waals surface area contributed by atoms with Gasteiger partial charge < -0.3 is 20.3 Å². The molecule has 0 heterocycles. The highest BCUT2D eigenvalue weighted by Crippen LogP contribution is 2.19. The fourth-order valence-corrected chi connectivity index (χ4v) is 11.6. The molecule has 0 fully saturated rings. The van der Waals surface area contributed by atoms with Crippen molar-refractivity contribution in [1.29, 1.82) is 0 Å². The second kappa shape index (κ2) is 68.1. The van der Waals surface area contributed by atoms with Gasteiger partial charge in [-0.2, -0.15) is 0 Å². The first-order chi connectivity index (χ1) is 38.5. The molecule has 0 aliphatic carbocycles. The number of nitrogens with one attached hydrogen (secondary N) is 1. The third-order valence-electron chi connectivity index (χ3n) is 17.1. The average Bonchev–Trinajstić information content (AvgIpc) is 3.44. The highest BCUT2D eigenvalue weighted by Gasteiger charge is 2.20. The van der Waals surface area contributed by atoms with E-state index in [4.69, 9.17) is 4.74 Å². The van der Waals surface area contributed by atoms with Gasteiger partial charge in [-0.05, 0) is 51.4 Å². The van der Waals surface area contributed by atoms with Crippen molar-refractivity contribution >= 4 is 11.9 Å². The van der Waals surface area contributed by atoms with E-state index in [0.717, 1.165) is 38.5 Å². The summed E-state index contributed by atoms with van der Waals surface area (Å²) in [6.45, 7) is 4.99. The maximum absolute atomic E-state index is 12.6. The number of hydrogen-bond acceptors (Lipinski definition) is 5. The normalized spacial score (nSPS) is 12.5.